The third-order valence-electron chi connectivity index (χ3n) is 3.32. The van der Waals surface area contributed by atoms with Crippen LogP contribution in [0.2, 0.25) is 12.6 Å². The summed E-state index contributed by atoms with van der Waals surface area (Å²) in [5.74, 6) is 3.00. The number of nitrogens with two attached hydrogens (primary N) is 1. The van der Waals surface area contributed by atoms with Crippen LogP contribution < -0.4 is 5.73 Å². The first-order valence-corrected chi connectivity index (χ1v) is 5.54. The maximum Gasteiger partial charge on any atom is 0.267 e. The number of benzene rings is 1. The van der Waals surface area contributed by atoms with E-state index in [0.717, 1.165) is 31.2 Å². The lowest BCUT2D eigenvalue weighted by Crippen LogP contribution is -2.18. The van der Waals surface area contributed by atoms with Crippen LogP contribution in [-0.2, 0) is 0 Å². The van der Waals surface area contributed by atoms with Crippen LogP contribution in [0.15, 0.2) is 24.3 Å². The number of nitrogen functional groups attached to an aromatic ring is 1. The first-order chi connectivity index (χ1) is 7.29. The fraction of sp³-hybridized carbons (Fsp3) is 0.417. The second-order valence-electron chi connectivity index (χ2n) is 4.34. The molecule has 1 aromatic carbocycles. The quantitative estimate of drug-likeness (QED) is 0.557. The molecule has 0 spiro atoms. The van der Waals surface area contributed by atoms with Gasteiger partial charge in [-0.2, -0.15) is 0 Å². The average molecular weight is 198 g/mol. The second-order valence-corrected chi connectivity index (χ2v) is 4.34. The number of anilines is 1. The molecule has 1 saturated heterocycles. The van der Waals surface area contributed by atoms with E-state index in [9.17, 15) is 0 Å². The smallest absolute Gasteiger partial charge is 0.267 e. The van der Waals surface area contributed by atoms with Gasteiger partial charge in [-0.15, -0.1) is 0 Å². The Morgan fingerprint density at radius 1 is 1.20 bits per heavy atom. The van der Waals surface area contributed by atoms with Crippen molar-refractivity contribution >= 4 is 12.4 Å². The maximum absolute atomic E-state index is 8.82. The molecule has 15 heavy (non-hydrogen) atoms. The first-order valence-electron chi connectivity index (χ1n) is 5.54. The number of rotatable bonds is 1. The summed E-state index contributed by atoms with van der Waals surface area (Å²) in [6, 6.07) is 8.16. The molecule has 76 valence electrons. The number of nitrogens with zero attached hydrogens (tertiary/aromatic N) is 1. The standard InChI is InChI=1S/C12H15BN2/c14-9-13-7-5-11(6-8-13)10-1-3-12(15)4-2-10/h1-4,11H,5-8,15H2. The normalized spacial score (nSPS) is 17.4. The molecular weight excluding hydrogens is 183 g/mol. The molecule has 3 heteroatoms. The second kappa shape index (κ2) is 4.40. The van der Waals surface area contributed by atoms with Gasteiger partial charge in [-0.1, -0.05) is 37.6 Å². The van der Waals surface area contributed by atoms with Crippen molar-refractivity contribution in [1.29, 1.82) is 5.26 Å². The van der Waals surface area contributed by atoms with Crippen LogP contribution in [0, 0.1) is 11.2 Å². The molecule has 1 aliphatic rings. The van der Waals surface area contributed by atoms with Crippen LogP contribution in [0.1, 0.15) is 24.3 Å². The zero-order valence-corrected chi connectivity index (χ0v) is 8.82. The van der Waals surface area contributed by atoms with E-state index in [0.29, 0.717) is 5.92 Å². The lowest BCUT2D eigenvalue weighted by atomic mass is 9.41. The summed E-state index contributed by atoms with van der Waals surface area (Å²) in [7, 11) is 0. The zero-order valence-electron chi connectivity index (χ0n) is 8.82. The third kappa shape index (κ3) is 2.33. The van der Waals surface area contributed by atoms with Crippen molar-refractivity contribution in [1.82, 2.24) is 0 Å². The van der Waals surface area contributed by atoms with Gasteiger partial charge < -0.3 is 5.73 Å². The van der Waals surface area contributed by atoms with E-state index in [1.165, 1.54) is 5.56 Å². The van der Waals surface area contributed by atoms with Crippen molar-refractivity contribution < 1.29 is 0 Å². The predicted molar refractivity (Wildman–Crippen MR) is 63.8 cm³/mol. The lowest BCUT2D eigenvalue weighted by molar-refractivity contribution is 0.611. The first kappa shape index (κ1) is 10.1. The van der Waals surface area contributed by atoms with Gasteiger partial charge in [-0.3, -0.25) is 0 Å². The number of hydrogen-bond donors (Lipinski definition) is 1. The summed E-state index contributed by atoms with van der Waals surface area (Å²) in [6.07, 6.45) is 4.38. The van der Waals surface area contributed by atoms with Gasteiger partial charge in [-0.05, 0) is 23.6 Å². The SMILES string of the molecule is N#CB1CCC(c2ccc(N)cc2)CC1. The van der Waals surface area contributed by atoms with Gasteiger partial charge in [0, 0.05) is 11.7 Å². The average Bonchev–Trinajstić information content (AvgIpc) is 2.30. The Morgan fingerprint density at radius 3 is 2.33 bits per heavy atom. The summed E-state index contributed by atoms with van der Waals surface area (Å²) < 4.78 is 0. The van der Waals surface area contributed by atoms with Gasteiger partial charge >= 0.3 is 0 Å². The summed E-state index contributed by atoms with van der Waals surface area (Å²) in [5.41, 5.74) is 7.86. The van der Waals surface area contributed by atoms with E-state index in [1.807, 2.05) is 12.1 Å². The molecule has 2 N–H and O–H groups in total. The largest absolute Gasteiger partial charge is 0.399 e. The topological polar surface area (TPSA) is 49.8 Å². The van der Waals surface area contributed by atoms with Gasteiger partial charge in [0.1, 0.15) is 0 Å². The van der Waals surface area contributed by atoms with Crippen molar-refractivity contribution in [3.05, 3.63) is 29.8 Å². The Bertz CT molecular complexity index is 358. The summed E-state index contributed by atoms with van der Waals surface area (Å²) in [6.45, 7) is 0.287. The summed E-state index contributed by atoms with van der Waals surface area (Å²) in [4.78, 5) is 0. The van der Waals surface area contributed by atoms with E-state index < -0.39 is 0 Å². The molecule has 0 atom stereocenters. The third-order valence-corrected chi connectivity index (χ3v) is 3.32. The van der Waals surface area contributed by atoms with E-state index in [4.69, 9.17) is 11.0 Å². The van der Waals surface area contributed by atoms with Crippen LogP contribution in [0.25, 0.3) is 0 Å². The Balaban J connectivity index is 2.02. The molecule has 0 amide bonds. The Kier molecular flexibility index (Phi) is 2.96. The van der Waals surface area contributed by atoms with Crippen LogP contribution in [0.3, 0.4) is 0 Å². The van der Waals surface area contributed by atoms with E-state index >= 15 is 0 Å². The van der Waals surface area contributed by atoms with E-state index in [-0.39, 0.29) is 6.71 Å². The molecule has 2 rings (SSSR count). The monoisotopic (exact) mass is 198 g/mol. The molecule has 1 heterocycles. The highest BCUT2D eigenvalue weighted by Gasteiger charge is 2.24. The van der Waals surface area contributed by atoms with Crippen LogP contribution in [-0.4, -0.2) is 6.71 Å². The molecule has 0 aromatic heterocycles. The van der Waals surface area contributed by atoms with E-state index in [1.54, 1.807) is 0 Å². The fourth-order valence-electron chi connectivity index (χ4n) is 2.32. The van der Waals surface area contributed by atoms with Crippen molar-refractivity contribution in [2.45, 2.75) is 31.4 Å². The molecule has 1 aromatic rings. The highest BCUT2D eigenvalue weighted by Crippen LogP contribution is 2.33. The molecule has 0 bridgehead atoms. The minimum atomic E-state index is 0.287. The fourth-order valence-corrected chi connectivity index (χ4v) is 2.32. The molecule has 0 saturated carbocycles. The Labute approximate surface area is 91.2 Å². The summed E-state index contributed by atoms with van der Waals surface area (Å²) >= 11 is 0. The Morgan fingerprint density at radius 2 is 1.80 bits per heavy atom. The number of nitriles is 1. The predicted octanol–water partition coefficient (Wildman–Crippen LogP) is 2.70. The van der Waals surface area contributed by atoms with Crippen LogP contribution in [0.4, 0.5) is 5.69 Å². The minimum absolute atomic E-state index is 0.287. The van der Waals surface area contributed by atoms with Gasteiger partial charge in [0.05, 0.1) is 0 Å². The highest BCUT2D eigenvalue weighted by molar-refractivity contribution is 6.67. The molecule has 1 aliphatic heterocycles. The van der Waals surface area contributed by atoms with Crippen LogP contribution >= 0.6 is 0 Å². The van der Waals surface area contributed by atoms with Gasteiger partial charge in [-0.25, -0.2) is 5.26 Å². The van der Waals surface area contributed by atoms with Crippen LogP contribution in [0.5, 0.6) is 0 Å². The van der Waals surface area contributed by atoms with Gasteiger partial charge in [0.25, 0.3) is 6.71 Å². The lowest BCUT2D eigenvalue weighted by Gasteiger charge is -2.23. The molecule has 0 unspecified atom stereocenters. The van der Waals surface area contributed by atoms with E-state index in [2.05, 4.69) is 18.1 Å². The molecule has 2 nitrogen and oxygen atoms in total. The van der Waals surface area contributed by atoms with Crippen molar-refractivity contribution in [2.75, 3.05) is 5.73 Å². The molecular formula is C12H15BN2. The minimum Gasteiger partial charge on any atom is -0.399 e. The molecule has 0 radical (unpaired) electrons. The van der Waals surface area contributed by atoms with Crippen molar-refractivity contribution in [3.63, 3.8) is 0 Å². The van der Waals surface area contributed by atoms with Crippen molar-refractivity contribution in [2.24, 2.45) is 0 Å². The summed E-state index contributed by atoms with van der Waals surface area (Å²) in [5, 5.41) is 8.82. The number of hydrogen-bond acceptors (Lipinski definition) is 2. The maximum atomic E-state index is 8.82. The van der Waals surface area contributed by atoms with Crippen molar-refractivity contribution in [3.8, 4) is 5.97 Å². The van der Waals surface area contributed by atoms with Gasteiger partial charge in [0.15, 0.2) is 0 Å². The molecule has 1 fully saturated rings. The highest BCUT2D eigenvalue weighted by atomic mass is 14.5. The van der Waals surface area contributed by atoms with Gasteiger partial charge in [0.2, 0.25) is 0 Å². The Hall–Kier alpha value is -1.43. The zero-order chi connectivity index (χ0) is 10.7. The molecule has 0 aliphatic carbocycles.